The largest absolute Gasteiger partial charge is 0.460 e. The molecule has 3 unspecified atom stereocenters. The molecule has 0 aliphatic carbocycles. The van der Waals surface area contributed by atoms with Crippen molar-refractivity contribution >= 4 is 5.97 Å². The van der Waals surface area contributed by atoms with Gasteiger partial charge in [-0.15, -0.1) is 0 Å². The molecule has 0 saturated carbocycles. The van der Waals surface area contributed by atoms with E-state index in [1.807, 2.05) is 33.8 Å². The topological polar surface area (TPSA) is 54.0 Å². The van der Waals surface area contributed by atoms with Gasteiger partial charge in [0, 0.05) is 12.7 Å². The molecule has 0 heterocycles. The van der Waals surface area contributed by atoms with Crippen LogP contribution in [0.25, 0.3) is 0 Å². The molecule has 0 N–H and O–H groups in total. The Morgan fingerprint density at radius 1 is 0.917 bits per heavy atom. The van der Waals surface area contributed by atoms with Crippen LogP contribution in [0, 0.1) is 0 Å². The van der Waals surface area contributed by atoms with Crippen LogP contribution in [0.2, 0.25) is 0 Å². The molecule has 24 heavy (non-hydrogen) atoms. The van der Waals surface area contributed by atoms with Crippen molar-refractivity contribution in [3.63, 3.8) is 0 Å². The molecule has 0 aromatic carbocycles. The summed E-state index contributed by atoms with van der Waals surface area (Å²) in [7, 11) is 0. The minimum absolute atomic E-state index is 0.0324. The van der Waals surface area contributed by atoms with Crippen LogP contribution < -0.4 is 0 Å². The van der Waals surface area contributed by atoms with Gasteiger partial charge in [0.1, 0.15) is 6.61 Å². The van der Waals surface area contributed by atoms with Crippen molar-refractivity contribution in [1.29, 1.82) is 0 Å². The molecule has 0 aliphatic rings. The monoisotopic (exact) mass is 342 g/mol. The maximum Gasteiger partial charge on any atom is 0.330 e. The van der Waals surface area contributed by atoms with Crippen LogP contribution in [0.15, 0.2) is 24.3 Å². The van der Waals surface area contributed by atoms with Crippen LogP contribution >= 0.6 is 0 Å². The molecular formula is C19H34O5. The highest BCUT2D eigenvalue weighted by Crippen LogP contribution is 2.02. The van der Waals surface area contributed by atoms with Gasteiger partial charge in [-0.2, -0.15) is 0 Å². The normalized spacial score (nSPS) is 15.7. The van der Waals surface area contributed by atoms with Gasteiger partial charge in [-0.3, -0.25) is 0 Å². The van der Waals surface area contributed by atoms with Gasteiger partial charge < -0.3 is 18.9 Å². The lowest BCUT2D eigenvalue weighted by Crippen LogP contribution is -2.27. The number of ether oxygens (including phenoxy) is 4. The Morgan fingerprint density at radius 2 is 1.50 bits per heavy atom. The SMILES string of the molecule is C/C=C/C=C/C(=O)OCC(C)OCC(C)OCC(C)OCCCC. The summed E-state index contributed by atoms with van der Waals surface area (Å²) in [5.41, 5.74) is 0. The molecule has 3 atom stereocenters. The van der Waals surface area contributed by atoms with Crippen molar-refractivity contribution < 1.29 is 23.7 Å². The van der Waals surface area contributed by atoms with E-state index in [0.29, 0.717) is 13.2 Å². The van der Waals surface area contributed by atoms with E-state index in [-0.39, 0.29) is 30.9 Å². The maximum atomic E-state index is 11.4. The quantitative estimate of drug-likeness (QED) is 0.209. The Labute approximate surface area is 147 Å². The first-order chi connectivity index (χ1) is 11.5. The van der Waals surface area contributed by atoms with Crippen molar-refractivity contribution in [3.05, 3.63) is 24.3 Å². The van der Waals surface area contributed by atoms with Crippen LogP contribution in [0.3, 0.4) is 0 Å². The van der Waals surface area contributed by atoms with Gasteiger partial charge in [0.25, 0.3) is 0 Å². The van der Waals surface area contributed by atoms with Crippen LogP contribution in [0.5, 0.6) is 0 Å². The van der Waals surface area contributed by atoms with Crippen molar-refractivity contribution in [2.24, 2.45) is 0 Å². The van der Waals surface area contributed by atoms with Gasteiger partial charge in [0.15, 0.2) is 0 Å². The lowest BCUT2D eigenvalue weighted by molar-refractivity contribution is -0.142. The number of hydrogen-bond acceptors (Lipinski definition) is 5. The number of allylic oxidation sites excluding steroid dienone is 3. The van der Waals surface area contributed by atoms with Crippen molar-refractivity contribution in [2.45, 2.75) is 65.8 Å². The fourth-order valence-corrected chi connectivity index (χ4v) is 1.67. The third-order valence-electron chi connectivity index (χ3n) is 3.13. The summed E-state index contributed by atoms with van der Waals surface area (Å²) in [5.74, 6) is -0.370. The van der Waals surface area contributed by atoms with E-state index in [2.05, 4.69) is 6.92 Å². The number of carbonyl (C=O) groups is 1. The second-order valence-corrected chi connectivity index (χ2v) is 5.84. The molecule has 5 heteroatoms. The van der Waals surface area contributed by atoms with Crippen molar-refractivity contribution in [2.75, 3.05) is 26.4 Å². The Bertz CT molecular complexity index is 365. The maximum absolute atomic E-state index is 11.4. The van der Waals surface area contributed by atoms with E-state index >= 15 is 0 Å². The van der Waals surface area contributed by atoms with Crippen LogP contribution in [-0.4, -0.2) is 50.7 Å². The molecule has 0 aromatic heterocycles. The van der Waals surface area contributed by atoms with E-state index in [4.69, 9.17) is 18.9 Å². The average molecular weight is 342 g/mol. The van der Waals surface area contributed by atoms with E-state index in [9.17, 15) is 4.79 Å². The third kappa shape index (κ3) is 14.4. The number of rotatable bonds is 14. The van der Waals surface area contributed by atoms with Gasteiger partial charge in [-0.05, 0) is 34.1 Å². The lowest BCUT2D eigenvalue weighted by atomic mass is 10.3. The van der Waals surface area contributed by atoms with Gasteiger partial charge in [0.2, 0.25) is 0 Å². The second-order valence-electron chi connectivity index (χ2n) is 5.84. The molecule has 140 valence electrons. The van der Waals surface area contributed by atoms with E-state index in [1.165, 1.54) is 6.08 Å². The Hall–Kier alpha value is -1.17. The average Bonchev–Trinajstić information content (AvgIpc) is 2.56. The first-order valence-electron chi connectivity index (χ1n) is 8.80. The zero-order chi connectivity index (χ0) is 18.2. The molecule has 0 rings (SSSR count). The molecule has 0 spiro atoms. The number of carbonyl (C=O) groups excluding carboxylic acids is 1. The van der Waals surface area contributed by atoms with Gasteiger partial charge in [-0.25, -0.2) is 4.79 Å². The first kappa shape index (κ1) is 22.8. The first-order valence-corrected chi connectivity index (χ1v) is 8.80. The standard InChI is InChI=1S/C19H34O5/c1-6-8-10-11-19(20)24-15-18(5)23-14-17(4)22-13-16(3)21-12-9-7-2/h6,8,10-11,16-18H,7,9,12-15H2,1-5H3/b8-6+,11-10+. The molecule has 5 nitrogen and oxygen atoms in total. The third-order valence-corrected chi connectivity index (χ3v) is 3.13. The zero-order valence-corrected chi connectivity index (χ0v) is 15.8. The minimum atomic E-state index is -0.370. The highest BCUT2D eigenvalue weighted by Gasteiger charge is 2.10. The highest BCUT2D eigenvalue weighted by molar-refractivity contribution is 5.82. The van der Waals surface area contributed by atoms with E-state index < -0.39 is 0 Å². The fraction of sp³-hybridized carbons (Fsp3) is 0.737. The molecular weight excluding hydrogens is 308 g/mol. The van der Waals surface area contributed by atoms with Gasteiger partial charge in [-0.1, -0.05) is 31.6 Å². The number of unbranched alkanes of at least 4 members (excludes halogenated alkanes) is 1. The predicted octanol–water partition coefficient (Wildman–Crippen LogP) is 3.68. The second kappa shape index (κ2) is 15.4. The molecule has 0 amide bonds. The van der Waals surface area contributed by atoms with Crippen molar-refractivity contribution in [3.8, 4) is 0 Å². The number of hydrogen-bond donors (Lipinski definition) is 0. The summed E-state index contributed by atoms with van der Waals surface area (Å²) >= 11 is 0. The Morgan fingerprint density at radius 3 is 2.08 bits per heavy atom. The zero-order valence-electron chi connectivity index (χ0n) is 15.8. The van der Waals surface area contributed by atoms with E-state index in [1.54, 1.807) is 12.2 Å². The molecule has 0 radical (unpaired) electrons. The summed E-state index contributed by atoms with van der Waals surface area (Å²) in [4.78, 5) is 11.4. The van der Waals surface area contributed by atoms with Gasteiger partial charge in [0.05, 0.1) is 31.5 Å². The summed E-state index contributed by atoms with van der Waals surface area (Å²) < 4.78 is 22.0. The summed E-state index contributed by atoms with van der Waals surface area (Å²) in [6.07, 6.45) is 8.73. The molecule has 0 bridgehead atoms. The van der Waals surface area contributed by atoms with Crippen LogP contribution in [0.1, 0.15) is 47.5 Å². The predicted molar refractivity (Wildman–Crippen MR) is 96.1 cm³/mol. The molecule has 0 fully saturated rings. The number of esters is 1. The summed E-state index contributed by atoms with van der Waals surface area (Å²) in [6, 6.07) is 0. The van der Waals surface area contributed by atoms with Gasteiger partial charge >= 0.3 is 5.97 Å². The Kier molecular flexibility index (Phi) is 14.6. The Balaban J connectivity index is 3.73. The molecule has 0 saturated heterocycles. The highest BCUT2D eigenvalue weighted by atomic mass is 16.6. The molecule has 0 aromatic rings. The minimum Gasteiger partial charge on any atom is -0.460 e. The van der Waals surface area contributed by atoms with E-state index in [0.717, 1.165) is 19.4 Å². The van der Waals surface area contributed by atoms with Crippen LogP contribution in [0.4, 0.5) is 0 Å². The van der Waals surface area contributed by atoms with Crippen LogP contribution in [-0.2, 0) is 23.7 Å². The smallest absolute Gasteiger partial charge is 0.330 e. The van der Waals surface area contributed by atoms with Crippen molar-refractivity contribution in [1.82, 2.24) is 0 Å². The molecule has 0 aliphatic heterocycles. The fourth-order valence-electron chi connectivity index (χ4n) is 1.67. The summed E-state index contributed by atoms with van der Waals surface area (Å²) in [5, 5.41) is 0. The summed E-state index contributed by atoms with van der Waals surface area (Å²) in [6.45, 7) is 11.9. The lowest BCUT2D eigenvalue weighted by Gasteiger charge is -2.19.